The van der Waals surface area contributed by atoms with Gasteiger partial charge in [-0.1, -0.05) is 12.1 Å². The van der Waals surface area contributed by atoms with Crippen LogP contribution in [0.25, 0.3) is 11.4 Å². The number of rotatable bonds is 2. The fourth-order valence-corrected chi connectivity index (χ4v) is 1.57. The van der Waals surface area contributed by atoms with Gasteiger partial charge in [0.1, 0.15) is 5.75 Å². The van der Waals surface area contributed by atoms with Crippen molar-refractivity contribution < 1.29 is 14.3 Å². The normalized spacial score (nSPS) is 10.2. The minimum absolute atomic E-state index is 0.164. The Hall–Kier alpha value is -2.70. The molecule has 0 spiro atoms. The summed E-state index contributed by atoms with van der Waals surface area (Å²) in [5.41, 5.74) is -0.213. The second kappa shape index (κ2) is 4.89. The highest BCUT2D eigenvalue weighted by Crippen LogP contribution is 2.26. The van der Waals surface area contributed by atoms with E-state index in [0.29, 0.717) is 10.2 Å². The SMILES string of the molecule is CC(=O)Oc1ccccc1-c1nn(C(C)=O)c(=O)[nH]1. The minimum atomic E-state index is -0.639. The first-order chi connectivity index (χ1) is 8.99. The molecule has 0 saturated heterocycles. The van der Waals surface area contributed by atoms with E-state index >= 15 is 0 Å². The third-order valence-corrected chi connectivity index (χ3v) is 2.31. The molecule has 7 nitrogen and oxygen atoms in total. The van der Waals surface area contributed by atoms with Crippen LogP contribution in [0, 0.1) is 0 Å². The van der Waals surface area contributed by atoms with Crippen LogP contribution in [0.5, 0.6) is 5.75 Å². The van der Waals surface area contributed by atoms with Crippen molar-refractivity contribution in [1.29, 1.82) is 0 Å². The number of ether oxygens (including phenoxy) is 1. The van der Waals surface area contributed by atoms with Crippen molar-refractivity contribution in [3.8, 4) is 17.1 Å². The van der Waals surface area contributed by atoms with Gasteiger partial charge in [0.25, 0.3) is 0 Å². The van der Waals surface area contributed by atoms with Gasteiger partial charge in [-0.15, -0.1) is 9.78 Å². The third-order valence-electron chi connectivity index (χ3n) is 2.31. The van der Waals surface area contributed by atoms with Crippen molar-refractivity contribution >= 4 is 11.9 Å². The molecule has 0 aliphatic carbocycles. The molecular weight excluding hydrogens is 250 g/mol. The number of aromatic nitrogens is 3. The summed E-state index contributed by atoms with van der Waals surface area (Å²) in [7, 11) is 0. The third kappa shape index (κ3) is 2.59. The number of nitrogens with one attached hydrogen (secondary N) is 1. The molecule has 2 aromatic rings. The lowest BCUT2D eigenvalue weighted by molar-refractivity contribution is -0.131. The molecule has 19 heavy (non-hydrogen) atoms. The molecule has 0 aliphatic rings. The lowest BCUT2D eigenvalue weighted by Gasteiger charge is -2.05. The maximum atomic E-state index is 11.5. The average molecular weight is 261 g/mol. The summed E-state index contributed by atoms with van der Waals surface area (Å²) in [5.74, 6) is -0.560. The molecule has 0 saturated carbocycles. The molecule has 98 valence electrons. The fraction of sp³-hybridized carbons (Fsp3) is 0.167. The predicted molar refractivity (Wildman–Crippen MR) is 65.9 cm³/mol. The molecule has 0 unspecified atom stereocenters. The first-order valence-corrected chi connectivity index (χ1v) is 5.47. The lowest BCUT2D eigenvalue weighted by Crippen LogP contribution is -2.22. The molecule has 0 fully saturated rings. The molecule has 7 heteroatoms. The number of hydrogen-bond donors (Lipinski definition) is 1. The van der Waals surface area contributed by atoms with Crippen LogP contribution >= 0.6 is 0 Å². The number of hydrogen-bond acceptors (Lipinski definition) is 5. The van der Waals surface area contributed by atoms with Gasteiger partial charge in [-0.3, -0.25) is 14.6 Å². The minimum Gasteiger partial charge on any atom is -0.426 e. The zero-order valence-corrected chi connectivity index (χ0v) is 10.3. The molecule has 1 aromatic heterocycles. The van der Waals surface area contributed by atoms with Crippen molar-refractivity contribution in [1.82, 2.24) is 14.8 Å². The van der Waals surface area contributed by atoms with Crippen LogP contribution in [-0.2, 0) is 4.79 Å². The Kier molecular flexibility index (Phi) is 3.28. The summed E-state index contributed by atoms with van der Waals surface area (Å²) in [5, 5.41) is 3.86. The van der Waals surface area contributed by atoms with Crippen LogP contribution in [-0.4, -0.2) is 26.6 Å². The summed E-state index contributed by atoms with van der Waals surface area (Å²) >= 11 is 0. The molecule has 2 rings (SSSR count). The van der Waals surface area contributed by atoms with Crippen molar-refractivity contribution in [2.75, 3.05) is 0 Å². The number of carbonyl (C=O) groups is 2. The van der Waals surface area contributed by atoms with E-state index in [1.807, 2.05) is 0 Å². The Bertz CT molecular complexity index is 699. The molecular formula is C12H11N3O4. The quantitative estimate of drug-likeness (QED) is 0.638. The van der Waals surface area contributed by atoms with Gasteiger partial charge in [-0.25, -0.2) is 4.79 Å². The van der Waals surface area contributed by atoms with Crippen molar-refractivity contribution in [3.05, 3.63) is 34.7 Å². The van der Waals surface area contributed by atoms with Crippen molar-refractivity contribution in [2.45, 2.75) is 13.8 Å². The van der Waals surface area contributed by atoms with E-state index in [1.165, 1.54) is 13.8 Å². The summed E-state index contributed by atoms with van der Waals surface area (Å²) < 4.78 is 5.72. The van der Waals surface area contributed by atoms with Crippen LogP contribution < -0.4 is 10.4 Å². The molecule has 1 aromatic carbocycles. The Morgan fingerprint density at radius 3 is 2.53 bits per heavy atom. The van der Waals surface area contributed by atoms with Gasteiger partial charge in [-0.2, -0.15) is 0 Å². The number of esters is 1. The van der Waals surface area contributed by atoms with Crippen molar-refractivity contribution in [2.24, 2.45) is 0 Å². The second-order valence-corrected chi connectivity index (χ2v) is 3.80. The van der Waals surface area contributed by atoms with Gasteiger partial charge in [0.2, 0.25) is 5.91 Å². The highest BCUT2D eigenvalue weighted by atomic mass is 16.5. The monoisotopic (exact) mass is 261 g/mol. The van der Waals surface area contributed by atoms with Crippen LogP contribution in [0.1, 0.15) is 18.6 Å². The number of H-pyrrole nitrogens is 1. The average Bonchev–Trinajstić information content (AvgIpc) is 2.71. The maximum absolute atomic E-state index is 11.5. The lowest BCUT2D eigenvalue weighted by atomic mass is 10.2. The summed E-state index contributed by atoms with van der Waals surface area (Å²) in [6.07, 6.45) is 0. The van der Waals surface area contributed by atoms with Gasteiger partial charge < -0.3 is 4.74 Å². The molecule has 0 radical (unpaired) electrons. The Morgan fingerprint density at radius 2 is 1.95 bits per heavy atom. The highest BCUT2D eigenvalue weighted by Gasteiger charge is 2.14. The van der Waals surface area contributed by atoms with Crippen LogP contribution in [0.3, 0.4) is 0 Å². The van der Waals surface area contributed by atoms with E-state index in [1.54, 1.807) is 24.3 Å². The summed E-state index contributed by atoms with van der Waals surface area (Å²) in [6, 6.07) is 6.58. The zero-order chi connectivity index (χ0) is 14.0. The topological polar surface area (TPSA) is 94.0 Å². The number of carbonyl (C=O) groups excluding carboxylic acids is 2. The first-order valence-electron chi connectivity index (χ1n) is 5.47. The Morgan fingerprint density at radius 1 is 1.26 bits per heavy atom. The molecule has 1 N–H and O–H groups in total. The summed E-state index contributed by atoms with van der Waals surface area (Å²) in [6.45, 7) is 2.50. The second-order valence-electron chi connectivity index (χ2n) is 3.80. The number of para-hydroxylation sites is 1. The number of nitrogens with zero attached hydrogens (tertiary/aromatic N) is 2. The molecule has 0 atom stereocenters. The first kappa shape index (κ1) is 12.7. The standard InChI is InChI=1S/C12H11N3O4/c1-7(16)15-12(18)13-11(14-15)9-5-3-4-6-10(9)19-8(2)17/h3-6H,1-2H3,(H,13,14,18). The van der Waals surface area contributed by atoms with Crippen molar-refractivity contribution in [3.63, 3.8) is 0 Å². The van der Waals surface area contributed by atoms with E-state index in [2.05, 4.69) is 10.1 Å². The Balaban J connectivity index is 2.53. The fourth-order valence-electron chi connectivity index (χ4n) is 1.57. The van der Waals surface area contributed by atoms with Gasteiger partial charge in [0, 0.05) is 13.8 Å². The Labute approximate surface area is 107 Å². The number of aromatic amines is 1. The highest BCUT2D eigenvalue weighted by molar-refractivity contribution is 5.76. The molecule has 1 heterocycles. The molecule has 0 bridgehead atoms. The van der Waals surface area contributed by atoms with Gasteiger partial charge in [-0.05, 0) is 12.1 Å². The molecule has 0 amide bonds. The zero-order valence-electron chi connectivity index (χ0n) is 10.3. The summed E-state index contributed by atoms with van der Waals surface area (Å²) in [4.78, 5) is 36.1. The van der Waals surface area contributed by atoms with Gasteiger partial charge in [0.05, 0.1) is 5.56 Å². The van der Waals surface area contributed by atoms with E-state index in [4.69, 9.17) is 4.74 Å². The van der Waals surface area contributed by atoms with Crippen LogP contribution in [0.4, 0.5) is 0 Å². The van der Waals surface area contributed by atoms with Crippen LogP contribution in [0.2, 0.25) is 0 Å². The predicted octanol–water partition coefficient (Wildman–Crippen LogP) is 0.824. The van der Waals surface area contributed by atoms with E-state index < -0.39 is 17.6 Å². The van der Waals surface area contributed by atoms with Crippen LogP contribution in [0.15, 0.2) is 29.1 Å². The van der Waals surface area contributed by atoms with E-state index in [-0.39, 0.29) is 11.6 Å². The molecule has 0 aliphatic heterocycles. The van der Waals surface area contributed by atoms with Gasteiger partial charge in [0.15, 0.2) is 5.82 Å². The van der Waals surface area contributed by atoms with Gasteiger partial charge >= 0.3 is 11.7 Å². The largest absolute Gasteiger partial charge is 0.426 e. The van der Waals surface area contributed by atoms with E-state index in [0.717, 1.165) is 0 Å². The maximum Gasteiger partial charge on any atom is 0.350 e. The smallest absolute Gasteiger partial charge is 0.350 e. The van der Waals surface area contributed by atoms with E-state index in [9.17, 15) is 14.4 Å². The number of benzene rings is 1.